The topological polar surface area (TPSA) is 78.9 Å². The molecule has 0 aliphatic carbocycles. The van der Waals surface area contributed by atoms with Crippen LogP contribution < -0.4 is 0 Å². The van der Waals surface area contributed by atoms with Gasteiger partial charge in [0.15, 0.2) is 11.5 Å². The van der Waals surface area contributed by atoms with E-state index in [2.05, 4.69) is 15.0 Å². The number of rotatable bonds is 2. The Kier molecular flexibility index (Phi) is 2.44. The van der Waals surface area contributed by atoms with E-state index in [4.69, 9.17) is 5.11 Å². The summed E-state index contributed by atoms with van der Waals surface area (Å²) < 4.78 is 0. The van der Waals surface area contributed by atoms with Gasteiger partial charge in [0.25, 0.3) is 0 Å². The molecule has 5 heteroatoms. The zero-order valence-corrected chi connectivity index (χ0v) is 8.98. The average molecular weight is 217 g/mol. The van der Waals surface area contributed by atoms with E-state index in [1.54, 1.807) is 13.0 Å². The normalized spacial score (nSPS) is 10.4. The molecule has 0 aromatic carbocycles. The lowest BCUT2D eigenvalue weighted by Crippen LogP contribution is -1.98. The SMILES string of the molecule is Cc1cccc(-c2nc(C(=O)O)c(C)[nH]2)n1. The highest BCUT2D eigenvalue weighted by atomic mass is 16.4. The Bertz CT molecular complexity index is 546. The number of aromatic carboxylic acids is 1. The minimum Gasteiger partial charge on any atom is -0.476 e. The molecule has 16 heavy (non-hydrogen) atoms. The summed E-state index contributed by atoms with van der Waals surface area (Å²) in [7, 11) is 0. The maximum absolute atomic E-state index is 10.8. The number of hydrogen-bond donors (Lipinski definition) is 2. The number of carbonyl (C=O) groups is 1. The van der Waals surface area contributed by atoms with Crippen LogP contribution in [0.15, 0.2) is 18.2 Å². The number of nitrogens with one attached hydrogen (secondary N) is 1. The molecular formula is C11H11N3O2. The second-order valence-electron chi connectivity index (χ2n) is 3.53. The van der Waals surface area contributed by atoms with Crippen molar-refractivity contribution in [2.75, 3.05) is 0 Å². The number of imidazole rings is 1. The number of H-pyrrole nitrogens is 1. The molecule has 0 atom stereocenters. The summed E-state index contributed by atoms with van der Waals surface area (Å²) in [6, 6.07) is 5.52. The first-order valence-corrected chi connectivity index (χ1v) is 4.82. The first-order chi connectivity index (χ1) is 7.58. The molecule has 0 bridgehead atoms. The predicted octanol–water partition coefficient (Wildman–Crippen LogP) is 1.79. The summed E-state index contributed by atoms with van der Waals surface area (Å²) in [5.41, 5.74) is 2.09. The smallest absolute Gasteiger partial charge is 0.356 e. The van der Waals surface area contributed by atoms with Crippen LogP contribution in [-0.2, 0) is 0 Å². The number of pyridine rings is 1. The summed E-state index contributed by atoms with van der Waals surface area (Å²) in [5, 5.41) is 8.88. The lowest BCUT2D eigenvalue weighted by Gasteiger charge is -1.96. The molecule has 82 valence electrons. The molecule has 0 saturated carbocycles. The van der Waals surface area contributed by atoms with Gasteiger partial charge in [-0.15, -0.1) is 0 Å². The molecule has 0 spiro atoms. The summed E-state index contributed by atoms with van der Waals surface area (Å²) in [4.78, 5) is 22.0. The zero-order chi connectivity index (χ0) is 11.7. The maximum Gasteiger partial charge on any atom is 0.356 e. The molecule has 0 fully saturated rings. The van der Waals surface area contributed by atoms with Crippen LogP contribution in [0.4, 0.5) is 0 Å². The third kappa shape index (κ3) is 1.79. The molecule has 0 radical (unpaired) electrons. The van der Waals surface area contributed by atoms with E-state index in [1.165, 1.54) is 0 Å². The van der Waals surface area contributed by atoms with Gasteiger partial charge in [-0.05, 0) is 26.0 Å². The van der Waals surface area contributed by atoms with E-state index >= 15 is 0 Å². The standard InChI is InChI=1S/C11H11N3O2/c1-6-4-3-5-8(12-6)10-13-7(2)9(14-10)11(15)16/h3-5H,1-2H3,(H,13,14)(H,15,16). The van der Waals surface area contributed by atoms with E-state index in [-0.39, 0.29) is 5.69 Å². The van der Waals surface area contributed by atoms with Crippen LogP contribution in [0.3, 0.4) is 0 Å². The van der Waals surface area contributed by atoms with E-state index < -0.39 is 5.97 Å². The van der Waals surface area contributed by atoms with Gasteiger partial charge in [0, 0.05) is 11.4 Å². The number of carboxylic acids is 1. The molecule has 0 unspecified atom stereocenters. The summed E-state index contributed by atoms with van der Waals surface area (Å²) in [6.45, 7) is 3.55. The number of carboxylic acid groups (broad SMARTS) is 1. The fourth-order valence-corrected chi connectivity index (χ4v) is 1.46. The van der Waals surface area contributed by atoms with Crippen molar-refractivity contribution in [3.8, 4) is 11.5 Å². The minimum atomic E-state index is -1.03. The number of nitrogens with zero attached hydrogens (tertiary/aromatic N) is 2. The zero-order valence-electron chi connectivity index (χ0n) is 8.98. The highest BCUT2D eigenvalue weighted by Crippen LogP contribution is 2.16. The van der Waals surface area contributed by atoms with Gasteiger partial charge in [-0.25, -0.2) is 14.8 Å². The fourth-order valence-electron chi connectivity index (χ4n) is 1.46. The molecule has 2 heterocycles. The molecule has 0 aliphatic rings. The van der Waals surface area contributed by atoms with Gasteiger partial charge < -0.3 is 10.1 Å². The second-order valence-corrected chi connectivity index (χ2v) is 3.53. The molecule has 2 rings (SSSR count). The third-order valence-corrected chi connectivity index (χ3v) is 2.22. The lowest BCUT2D eigenvalue weighted by molar-refractivity contribution is 0.0690. The van der Waals surface area contributed by atoms with Crippen molar-refractivity contribution in [2.24, 2.45) is 0 Å². The average Bonchev–Trinajstić information content (AvgIpc) is 2.60. The molecule has 0 amide bonds. The van der Waals surface area contributed by atoms with Crippen molar-refractivity contribution in [3.05, 3.63) is 35.3 Å². The van der Waals surface area contributed by atoms with Crippen molar-refractivity contribution in [2.45, 2.75) is 13.8 Å². The Morgan fingerprint density at radius 2 is 2.06 bits per heavy atom. The van der Waals surface area contributed by atoms with Crippen molar-refractivity contribution in [1.82, 2.24) is 15.0 Å². The van der Waals surface area contributed by atoms with Gasteiger partial charge in [-0.2, -0.15) is 0 Å². The van der Waals surface area contributed by atoms with Crippen LogP contribution in [0.2, 0.25) is 0 Å². The van der Waals surface area contributed by atoms with Gasteiger partial charge in [0.2, 0.25) is 0 Å². The van der Waals surface area contributed by atoms with Gasteiger partial charge in [0.05, 0.1) is 0 Å². The Morgan fingerprint density at radius 3 is 2.62 bits per heavy atom. The van der Waals surface area contributed by atoms with Gasteiger partial charge in [-0.1, -0.05) is 6.07 Å². The highest BCUT2D eigenvalue weighted by Gasteiger charge is 2.14. The maximum atomic E-state index is 10.8. The minimum absolute atomic E-state index is 0.0401. The van der Waals surface area contributed by atoms with Crippen molar-refractivity contribution < 1.29 is 9.90 Å². The number of aromatic nitrogens is 3. The molecule has 5 nitrogen and oxygen atoms in total. The highest BCUT2D eigenvalue weighted by molar-refractivity contribution is 5.87. The third-order valence-electron chi connectivity index (χ3n) is 2.22. The Balaban J connectivity index is 2.49. The predicted molar refractivity (Wildman–Crippen MR) is 58.3 cm³/mol. The molecule has 0 aliphatic heterocycles. The van der Waals surface area contributed by atoms with Crippen LogP contribution in [0, 0.1) is 13.8 Å². The number of aryl methyl sites for hydroxylation is 2. The van der Waals surface area contributed by atoms with Crippen LogP contribution in [0.1, 0.15) is 21.9 Å². The van der Waals surface area contributed by atoms with E-state index in [0.717, 1.165) is 5.69 Å². The molecular weight excluding hydrogens is 206 g/mol. The van der Waals surface area contributed by atoms with Gasteiger partial charge in [0.1, 0.15) is 5.69 Å². The van der Waals surface area contributed by atoms with Gasteiger partial charge >= 0.3 is 5.97 Å². The van der Waals surface area contributed by atoms with Crippen LogP contribution in [-0.4, -0.2) is 26.0 Å². The van der Waals surface area contributed by atoms with Gasteiger partial charge in [-0.3, -0.25) is 0 Å². The second kappa shape index (κ2) is 3.77. The van der Waals surface area contributed by atoms with E-state index in [9.17, 15) is 4.79 Å². The van der Waals surface area contributed by atoms with Crippen LogP contribution in [0.25, 0.3) is 11.5 Å². The Morgan fingerprint density at radius 1 is 1.31 bits per heavy atom. The molecule has 2 aromatic rings. The molecule has 2 N–H and O–H groups in total. The van der Waals surface area contributed by atoms with Crippen LogP contribution >= 0.6 is 0 Å². The van der Waals surface area contributed by atoms with E-state index in [0.29, 0.717) is 17.2 Å². The first-order valence-electron chi connectivity index (χ1n) is 4.82. The Labute approximate surface area is 92.2 Å². The van der Waals surface area contributed by atoms with Crippen LogP contribution in [0.5, 0.6) is 0 Å². The monoisotopic (exact) mass is 217 g/mol. The molecule has 0 saturated heterocycles. The summed E-state index contributed by atoms with van der Waals surface area (Å²) in [5.74, 6) is -0.550. The summed E-state index contributed by atoms with van der Waals surface area (Å²) in [6.07, 6.45) is 0. The lowest BCUT2D eigenvalue weighted by atomic mass is 10.3. The number of aromatic amines is 1. The van der Waals surface area contributed by atoms with Crippen molar-refractivity contribution in [3.63, 3.8) is 0 Å². The van der Waals surface area contributed by atoms with Crippen molar-refractivity contribution >= 4 is 5.97 Å². The largest absolute Gasteiger partial charge is 0.476 e. The quantitative estimate of drug-likeness (QED) is 0.803. The first kappa shape index (κ1) is 10.4. The molecule has 2 aromatic heterocycles. The summed E-state index contributed by atoms with van der Waals surface area (Å²) >= 11 is 0. The number of hydrogen-bond acceptors (Lipinski definition) is 3. The Hall–Kier alpha value is -2.17. The van der Waals surface area contributed by atoms with E-state index in [1.807, 2.05) is 19.1 Å². The van der Waals surface area contributed by atoms with Crippen molar-refractivity contribution in [1.29, 1.82) is 0 Å². The fraction of sp³-hybridized carbons (Fsp3) is 0.182.